The minimum Gasteiger partial charge on any atom is -0.385 e. The molecule has 0 saturated carbocycles. The summed E-state index contributed by atoms with van der Waals surface area (Å²) in [4.78, 5) is 0. The Labute approximate surface area is 97.1 Å². The quantitative estimate of drug-likeness (QED) is 0.744. The van der Waals surface area contributed by atoms with E-state index in [0.717, 1.165) is 19.4 Å². The van der Waals surface area contributed by atoms with Crippen LogP contribution >= 0.6 is 0 Å². The minimum atomic E-state index is 1.01. The van der Waals surface area contributed by atoms with Crippen LogP contribution in [0.2, 0.25) is 0 Å². The highest BCUT2D eigenvalue weighted by Crippen LogP contribution is 2.06. The Morgan fingerprint density at radius 2 is 1.69 bits per heavy atom. The maximum atomic E-state index is 3.39. The summed E-state index contributed by atoms with van der Waals surface area (Å²) in [5, 5.41) is 3.39. The molecule has 0 spiro atoms. The average molecular weight is 210 g/mol. The van der Waals surface area contributed by atoms with Crippen molar-refractivity contribution in [1.29, 1.82) is 0 Å². The molecule has 0 aliphatic carbocycles. The molecular weight excluding hydrogens is 194 g/mol. The molecule has 1 heteroatoms. The lowest BCUT2D eigenvalue weighted by Crippen LogP contribution is -2.02. The smallest absolute Gasteiger partial charge is 0.0340 e. The fraction of sp³-hybridized carbons (Fsp3) is 0.200. The van der Waals surface area contributed by atoms with Gasteiger partial charge in [-0.05, 0) is 36.6 Å². The van der Waals surface area contributed by atoms with Crippen LogP contribution < -0.4 is 5.32 Å². The standard InChI is InChI=1S/C15H16N/c1-3-8-14(9-4-1)10-7-13-16-15-11-5-2-6-12-15/h1,3-6,8-9,11-12,16H,7,10,13H2. The monoisotopic (exact) mass is 210 g/mol. The van der Waals surface area contributed by atoms with Gasteiger partial charge in [-0.3, -0.25) is 0 Å². The van der Waals surface area contributed by atoms with Gasteiger partial charge in [0.25, 0.3) is 0 Å². The van der Waals surface area contributed by atoms with Crippen LogP contribution in [0.25, 0.3) is 0 Å². The van der Waals surface area contributed by atoms with E-state index in [-0.39, 0.29) is 0 Å². The highest BCUT2D eigenvalue weighted by atomic mass is 14.9. The van der Waals surface area contributed by atoms with E-state index in [9.17, 15) is 0 Å². The predicted molar refractivity (Wildman–Crippen MR) is 68.5 cm³/mol. The fourth-order valence-corrected chi connectivity index (χ4v) is 1.67. The molecule has 1 N–H and O–H groups in total. The second kappa shape index (κ2) is 5.96. The first-order chi connectivity index (χ1) is 7.95. The summed E-state index contributed by atoms with van der Waals surface area (Å²) >= 11 is 0. The Balaban J connectivity index is 1.70. The van der Waals surface area contributed by atoms with Gasteiger partial charge in [-0.15, -0.1) is 0 Å². The molecule has 0 aliphatic heterocycles. The van der Waals surface area contributed by atoms with E-state index in [1.807, 2.05) is 24.3 Å². The summed E-state index contributed by atoms with van der Waals surface area (Å²) < 4.78 is 0. The zero-order valence-corrected chi connectivity index (χ0v) is 9.32. The Kier molecular flexibility index (Phi) is 4.00. The van der Waals surface area contributed by atoms with Crippen LogP contribution in [0.15, 0.2) is 54.6 Å². The summed E-state index contributed by atoms with van der Waals surface area (Å²) in [6, 6.07) is 21.6. The van der Waals surface area contributed by atoms with Crippen molar-refractivity contribution < 1.29 is 0 Å². The van der Waals surface area contributed by atoms with E-state index in [1.54, 1.807) is 0 Å². The van der Waals surface area contributed by atoms with Crippen LogP contribution in [0.1, 0.15) is 12.0 Å². The first-order valence-electron chi connectivity index (χ1n) is 5.69. The molecule has 0 heterocycles. The highest BCUT2D eigenvalue weighted by molar-refractivity contribution is 5.41. The zero-order valence-electron chi connectivity index (χ0n) is 9.32. The SMILES string of the molecule is [c]1ccc(NCCCc2ccccc2)cc1. The van der Waals surface area contributed by atoms with Gasteiger partial charge < -0.3 is 5.32 Å². The topological polar surface area (TPSA) is 12.0 Å². The molecule has 0 aliphatic rings. The second-order valence-corrected chi connectivity index (χ2v) is 3.80. The molecule has 0 fully saturated rings. The van der Waals surface area contributed by atoms with Crippen molar-refractivity contribution in [2.75, 3.05) is 11.9 Å². The molecule has 0 amide bonds. The molecule has 0 bridgehead atoms. The maximum Gasteiger partial charge on any atom is 0.0340 e. The first kappa shape index (κ1) is 10.7. The van der Waals surface area contributed by atoms with Crippen LogP contribution in [-0.4, -0.2) is 6.54 Å². The van der Waals surface area contributed by atoms with Crippen molar-refractivity contribution in [2.24, 2.45) is 0 Å². The van der Waals surface area contributed by atoms with Crippen LogP contribution in [0.5, 0.6) is 0 Å². The van der Waals surface area contributed by atoms with Crippen LogP contribution in [0, 0.1) is 6.07 Å². The van der Waals surface area contributed by atoms with Gasteiger partial charge in [-0.25, -0.2) is 0 Å². The van der Waals surface area contributed by atoms with Crippen molar-refractivity contribution in [3.8, 4) is 0 Å². The van der Waals surface area contributed by atoms with Crippen LogP contribution in [0.4, 0.5) is 5.69 Å². The molecule has 1 radical (unpaired) electrons. The average Bonchev–Trinajstić information content (AvgIpc) is 2.37. The molecule has 0 aromatic heterocycles. The third-order valence-corrected chi connectivity index (χ3v) is 2.53. The van der Waals surface area contributed by atoms with E-state index < -0.39 is 0 Å². The normalized spacial score (nSPS) is 10.0. The van der Waals surface area contributed by atoms with E-state index in [0.29, 0.717) is 0 Å². The van der Waals surface area contributed by atoms with Gasteiger partial charge in [0.15, 0.2) is 0 Å². The van der Waals surface area contributed by atoms with Gasteiger partial charge in [0.2, 0.25) is 0 Å². The Morgan fingerprint density at radius 1 is 0.938 bits per heavy atom. The predicted octanol–water partition coefficient (Wildman–Crippen LogP) is 3.53. The fourth-order valence-electron chi connectivity index (χ4n) is 1.67. The Morgan fingerprint density at radius 3 is 2.44 bits per heavy atom. The van der Waals surface area contributed by atoms with E-state index in [2.05, 4.69) is 41.7 Å². The van der Waals surface area contributed by atoms with Gasteiger partial charge in [-0.2, -0.15) is 0 Å². The van der Waals surface area contributed by atoms with Gasteiger partial charge in [0.1, 0.15) is 0 Å². The summed E-state index contributed by atoms with van der Waals surface area (Å²) in [6.45, 7) is 1.01. The van der Waals surface area contributed by atoms with Crippen molar-refractivity contribution in [3.05, 3.63) is 66.2 Å². The number of hydrogen-bond acceptors (Lipinski definition) is 1. The van der Waals surface area contributed by atoms with Gasteiger partial charge in [-0.1, -0.05) is 42.5 Å². The molecule has 0 unspecified atom stereocenters. The number of rotatable bonds is 5. The molecule has 0 atom stereocenters. The summed E-state index contributed by atoms with van der Waals surface area (Å²) in [5.74, 6) is 0. The molecule has 1 nitrogen and oxygen atoms in total. The van der Waals surface area contributed by atoms with Crippen molar-refractivity contribution in [2.45, 2.75) is 12.8 Å². The highest BCUT2D eigenvalue weighted by Gasteiger charge is 1.92. The number of hydrogen-bond donors (Lipinski definition) is 1. The third-order valence-electron chi connectivity index (χ3n) is 2.53. The summed E-state index contributed by atoms with van der Waals surface area (Å²) in [6.07, 6.45) is 2.29. The Bertz CT molecular complexity index is 353. The molecule has 2 aromatic rings. The van der Waals surface area contributed by atoms with E-state index in [1.165, 1.54) is 11.3 Å². The lowest BCUT2D eigenvalue weighted by molar-refractivity contribution is 0.863. The number of nitrogens with one attached hydrogen (secondary N) is 1. The molecular formula is C15H16N. The second-order valence-electron chi connectivity index (χ2n) is 3.80. The zero-order chi connectivity index (χ0) is 11.1. The van der Waals surface area contributed by atoms with Crippen molar-refractivity contribution in [1.82, 2.24) is 0 Å². The van der Waals surface area contributed by atoms with Gasteiger partial charge in [0, 0.05) is 12.2 Å². The molecule has 16 heavy (non-hydrogen) atoms. The van der Waals surface area contributed by atoms with Crippen LogP contribution in [0.3, 0.4) is 0 Å². The third kappa shape index (κ3) is 3.43. The van der Waals surface area contributed by atoms with E-state index >= 15 is 0 Å². The largest absolute Gasteiger partial charge is 0.385 e. The van der Waals surface area contributed by atoms with Gasteiger partial charge in [0.05, 0.1) is 0 Å². The lowest BCUT2D eigenvalue weighted by Gasteiger charge is -2.05. The van der Waals surface area contributed by atoms with Crippen LogP contribution in [-0.2, 0) is 6.42 Å². The van der Waals surface area contributed by atoms with Crippen molar-refractivity contribution >= 4 is 5.69 Å². The molecule has 0 saturated heterocycles. The number of anilines is 1. The summed E-state index contributed by atoms with van der Waals surface area (Å²) in [7, 11) is 0. The maximum absolute atomic E-state index is 3.39. The molecule has 81 valence electrons. The number of aryl methyl sites for hydroxylation is 1. The lowest BCUT2D eigenvalue weighted by atomic mass is 10.1. The first-order valence-corrected chi connectivity index (χ1v) is 5.69. The summed E-state index contributed by atoms with van der Waals surface area (Å²) in [5.41, 5.74) is 2.58. The number of benzene rings is 2. The Hall–Kier alpha value is -1.76. The molecule has 2 aromatic carbocycles. The van der Waals surface area contributed by atoms with E-state index in [4.69, 9.17) is 0 Å². The van der Waals surface area contributed by atoms with Gasteiger partial charge >= 0.3 is 0 Å². The van der Waals surface area contributed by atoms with Crippen molar-refractivity contribution in [3.63, 3.8) is 0 Å². The molecule has 2 rings (SSSR count). The minimum absolute atomic E-state index is 1.01.